The van der Waals surface area contributed by atoms with E-state index < -0.39 is 0 Å². The van der Waals surface area contributed by atoms with Crippen molar-refractivity contribution >= 4 is 27.1 Å². The molecule has 0 aliphatic heterocycles. The van der Waals surface area contributed by atoms with Crippen molar-refractivity contribution in [1.29, 1.82) is 0 Å². The van der Waals surface area contributed by atoms with Gasteiger partial charge in [-0.3, -0.25) is 0 Å². The number of hydrogen-bond donors (Lipinski definition) is 1. The van der Waals surface area contributed by atoms with Crippen LogP contribution in [0.2, 0.25) is 0 Å². The molecule has 84 valence electrons. The molecular formula is C11H13BrN4. The highest BCUT2D eigenvalue weighted by atomic mass is 79.9. The van der Waals surface area contributed by atoms with E-state index in [1.54, 1.807) is 0 Å². The number of imidazole rings is 1. The van der Waals surface area contributed by atoms with Crippen molar-refractivity contribution in [1.82, 2.24) is 14.5 Å². The lowest BCUT2D eigenvalue weighted by Gasteiger charge is -2.05. The van der Waals surface area contributed by atoms with Crippen LogP contribution < -0.4 is 5.73 Å². The Morgan fingerprint density at radius 3 is 3.00 bits per heavy atom. The van der Waals surface area contributed by atoms with Gasteiger partial charge in [-0.15, -0.1) is 0 Å². The van der Waals surface area contributed by atoms with Crippen LogP contribution in [0.5, 0.6) is 0 Å². The third kappa shape index (κ3) is 1.64. The van der Waals surface area contributed by atoms with Gasteiger partial charge in [-0.25, -0.2) is 9.97 Å². The van der Waals surface area contributed by atoms with Crippen LogP contribution in [0.4, 0.5) is 0 Å². The minimum absolute atomic E-state index is 0.625. The van der Waals surface area contributed by atoms with Gasteiger partial charge in [0.2, 0.25) is 0 Å². The zero-order chi connectivity index (χ0) is 11.1. The Kier molecular flexibility index (Phi) is 2.44. The van der Waals surface area contributed by atoms with Gasteiger partial charge in [-0.05, 0) is 34.8 Å². The Labute approximate surface area is 102 Å². The van der Waals surface area contributed by atoms with Crippen LogP contribution in [-0.4, -0.2) is 21.1 Å². The highest BCUT2D eigenvalue weighted by Gasteiger charge is 2.29. The molecule has 2 aromatic heterocycles. The fourth-order valence-corrected chi connectivity index (χ4v) is 2.33. The van der Waals surface area contributed by atoms with Gasteiger partial charge in [-0.1, -0.05) is 0 Å². The van der Waals surface area contributed by atoms with Crippen LogP contribution in [-0.2, 0) is 6.54 Å². The highest BCUT2D eigenvalue weighted by Crippen LogP contribution is 2.40. The minimum atomic E-state index is 0.625. The zero-order valence-electron chi connectivity index (χ0n) is 8.86. The Hall–Kier alpha value is -0.940. The van der Waals surface area contributed by atoms with Gasteiger partial charge in [0.15, 0.2) is 5.65 Å². The summed E-state index contributed by atoms with van der Waals surface area (Å²) in [4.78, 5) is 9.10. The summed E-state index contributed by atoms with van der Waals surface area (Å²) in [6.07, 6.45) is 4.30. The molecule has 0 radical (unpaired) electrons. The van der Waals surface area contributed by atoms with Gasteiger partial charge in [0.25, 0.3) is 0 Å². The van der Waals surface area contributed by atoms with Crippen molar-refractivity contribution in [3.63, 3.8) is 0 Å². The second-order valence-electron chi connectivity index (χ2n) is 4.18. The molecule has 0 saturated heterocycles. The first-order valence-electron chi connectivity index (χ1n) is 5.51. The maximum absolute atomic E-state index is 5.64. The number of aromatic nitrogens is 3. The van der Waals surface area contributed by atoms with Gasteiger partial charge in [0.05, 0.1) is 0 Å². The van der Waals surface area contributed by atoms with E-state index >= 15 is 0 Å². The standard InChI is InChI=1S/C11H13BrN4/c12-8-5-9-11(14-6-8)16(4-3-13)10(15-9)7-1-2-7/h5-7H,1-4,13H2. The summed E-state index contributed by atoms with van der Waals surface area (Å²) in [5.74, 6) is 1.78. The van der Waals surface area contributed by atoms with E-state index in [0.29, 0.717) is 12.5 Å². The molecule has 16 heavy (non-hydrogen) atoms. The van der Waals surface area contributed by atoms with Crippen molar-refractivity contribution in [2.24, 2.45) is 5.73 Å². The number of halogens is 1. The molecule has 0 spiro atoms. The van der Waals surface area contributed by atoms with Crippen molar-refractivity contribution < 1.29 is 0 Å². The average molecular weight is 281 g/mol. The second kappa shape index (κ2) is 3.82. The van der Waals surface area contributed by atoms with E-state index in [1.165, 1.54) is 12.8 Å². The predicted molar refractivity (Wildman–Crippen MR) is 66.3 cm³/mol. The lowest BCUT2D eigenvalue weighted by Crippen LogP contribution is -2.12. The molecule has 1 fully saturated rings. The van der Waals surface area contributed by atoms with Gasteiger partial charge in [0.1, 0.15) is 11.3 Å². The molecule has 0 amide bonds. The maximum Gasteiger partial charge on any atom is 0.160 e. The summed E-state index contributed by atoms with van der Waals surface area (Å²) in [5.41, 5.74) is 7.56. The molecule has 4 nitrogen and oxygen atoms in total. The third-order valence-electron chi connectivity index (χ3n) is 2.88. The smallest absolute Gasteiger partial charge is 0.160 e. The summed E-state index contributed by atoms with van der Waals surface area (Å²) in [6, 6.07) is 2.02. The highest BCUT2D eigenvalue weighted by molar-refractivity contribution is 9.10. The van der Waals surface area contributed by atoms with Crippen molar-refractivity contribution in [3.05, 3.63) is 22.6 Å². The molecule has 0 atom stereocenters. The van der Waals surface area contributed by atoms with E-state index in [1.807, 2.05) is 12.3 Å². The molecule has 2 heterocycles. The van der Waals surface area contributed by atoms with Gasteiger partial charge < -0.3 is 10.3 Å². The average Bonchev–Trinajstić information content (AvgIpc) is 3.04. The summed E-state index contributed by atoms with van der Waals surface area (Å²) in [5, 5.41) is 0. The molecule has 2 N–H and O–H groups in total. The fourth-order valence-electron chi connectivity index (χ4n) is 2.01. The molecular weight excluding hydrogens is 268 g/mol. The van der Waals surface area contributed by atoms with E-state index in [9.17, 15) is 0 Å². The van der Waals surface area contributed by atoms with Crippen molar-refractivity contribution in [2.75, 3.05) is 6.54 Å². The van der Waals surface area contributed by atoms with E-state index in [-0.39, 0.29) is 0 Å². The molecule has 2 aromatic rings. The second-order valence-corrected chi connectivity index (χ2v) is 5.10. The molecule has 5 heteroatoms. The number of rotatable bonds is 3. The maximum atomic E-state index is 5.64. The molecule has 1 aliphatic rings. The van der Waals surface area contributed by atoms with Crippen LogP contribution in [0.25, 0.3) is 11.2 Å². The lowest BCUT2D eigenvalue weighted by atomic mass is 10.4. The first-order valence-corrected chi connectivity index (χ1v) is 6.30. The largest absolute Gasteiger partial charge is 0.329 e. The first kappa shape index (κ1) is 10.2. The molecule has 1 aliphatic carbocycles. The summed E-state index contributed by atoms with van der Waals surface area (Å²) in [6.45, 7) is 1.43. The van der Waals surface area contributed by atoms with Gasteiger partial charge in [-0.2, -0.15) is 0 Å². The molecule has 3 rings (SSSR count). The quantitative estimate of drug-likeness (QED) is 0.936. The topological polar surface area (TPSA) is 56.7 Å². The third-order valence-corrected chi connectivity index (χ3v) is 3.31. The SMILES string of the molecule is NCCn1c(C2CC2)nc2cc(Br)cnc21. The predicted octanol–water partition coefficient (Wildman–Crippen LogP) is 2.03. The van der Waals surface area contributed by atoms with E-state index in [4.69, 9.17) is 5.73 Å². The van der Waals surface area contributed by atoms with Crippen molar-refractivity contribution in [2.45, 2.75) is 25.3 Å². The summed E-state index contributed by atoms with van der Waals surface area (Å²) in [7, 11) is 0. The summed E-state index contributed by atoms with van der Waals surface area (Å²) >= 11 is 3.42. The number of fused-ring (bicyclic) bond motifs is 1. The Morgan fingerprint density at radius 2 is 2.31 bits per heavy atom. The van der Waals surface area contributed by atoms with Crippen LogP contribution in [0.1, 0.15) is 24.6 Å². The minimum Gasteiger partial charge on any atom is -0.329 e. The Morgan fingerprint density at radius 1 is 1.50 bits per heavy atom. The molecule has 0 aromatic carbocycles. The van der Waals surface area contributed by atoms with Crippen LogP contribution in [0.15, 0.2) is 16.7 Å². The number of hydrogen-bond acceptors (Lipinski definition) is 3. The zero-order valence-corrected chi connectivity index (χ0v) is 10.4. The van der Waals surface area contributed by atoms with E-state index in [2.05, 4.69) is 30.5 Å². The number of nitrogens with zero attached hydrogens (tertiary/aromatic N) is 3. The van der Waals surface area contributed by atoms with Gasteiger partial charge >= 0.3 is 0 Å². The van der Waals surface area contributed by atoms with Gasteiger partial charge in [0, 0.05) is 29.7 Å². The summed E-state index contributed by atoms with van der Waals surface area (Å²) < 4.78 is 3.14. The van der Waals surface area contributed by atoms with Crippen LogP contribution >= 0.6 is 15.9 Å². The molecule has 1 saturated carbocycles. The van der Waals surface area contributed by atoms with Crippen molar-refractivity contribution in [3.8, 4) is 0 Å². The van der Waals surface area contributed by atoms with Crippen LogP contribution in [0.3, 0.4) is 0 Å². The first-order chi connectivity index (χ1) is 7.79. The monoisotopic (exact) mass is 280 g/mol. The number of pyridine rings is 1. The Bertz CT molecular complexity index is 530. The van der Waals surface area contributed by atoms with E-state index in [0.717, 1.165) is 28.0 Å². The fraction of sp³-hybridized carbons (Fsp3) is 0.455. The molecule has 0 unspecified atom stereocenters. The van der Waals surface area contributed by atoms with Crippen LogP contribution in [0, 0.1) is 0 Å². The Balaban J connectivity index is 2.19. The lowest BCUT2D eigenvalue weighted by molar-refractivity contribution is 0.675. The number of nitrogens with two attached hydrogens (primary N) is 1. The molecule has 0 bridgehead atoms. The normalized spacial score (nSPS) is 15.9.